The van der Waals surface area contributed by atoms with Crippen molar-refractivity contribution in [2.24, 2.45) is 5.92 Å². The van der Waals surface area contributed by atoms with Crippen LogP contribution in [-0.2, 0) is 11.3 Å². The highest BCUT2D eigenvalue weighted by atomic mass is 16.3. The predicted molar refractivity (Wildman–Crippen MR) is 142 cm³/mol. The zero-order valence-electron chi connectivity index (χ0n) is 22.5. The van der Waals surface area contributed by atoms with Gasteiger partial charge in [-0.2, -0.15) is 5.10 Å². The first-order valence-corrected chi connectivity index (χ1v) is 12.7. The minimum Gasteiger partial charge on any atom is -0.508 e. The number of phenolic OH excluding ortho intramolecular Hbond substituents is 1. The lowest BCUT2D eigenvalue weighted by Gasteiger charge is -2.16. The fraction of sp³-hybridized carbons (Fsp3) is 0.643. The van der Waals surface area contributed by atoms with Crippen molar-refractivity contribution in [3.63, 3.8) is 0 Å². The molecule has 0 aliphatic rings. The molecule has 0 aliphatic heterocycles. The molecule has 0 aliphatic carbocycles. The van der Waals surface area contributed by atoms with Crippen molar-refractivity contribution >= 4 is 12.1 Å². The van der Waals surface area contributed by atoms with E-state index in [1.807, 2.05) is 23.7 Å². The average molecular weight is 460 g/mol. The number of aromatic hydroxyl groups is 1. The van der Waals surface area contributed by atoms with Crippen molar-refractivity contribution in [3.05, 3.63) is 41.1 Å². The average Bonchev–Trinajstić information content (AvgIpc) is 3.16. The molecular formula is C28H49N3O2. The molecule has 33 heavy (non-hydrogen) atoms. The third-order valence-corrected chi connectivity index (χ3v) is 5.59. The van der Waals surface area contributed by atoms with Gasteiger partial charge in [0.15, 0.2) is 5.82 Å². The van der Waals surface area contributed by atoms with Crippen LogP contribution in [-0.4, -0.2) is 34.8 Å². The Hall–Kier alpha value is -2.30. The molecular weight excluding hydrogens is 410 g/mol. The van der Waals surface area contributed by atoms with Crippen LogP contribution in [0.15, 0.2) is 24.3 Å². The molecule has 0 bridgehead atoms. The number of aromatic nitrogens is 2. The highest BCUT2D eigenvalue weighted by molar-refractivity contribution is 5.48. The largest absolute Gasteiger partial charge is 0.508 e. The van der Waals surface area contributed by atoms with Crippen LogP contribution in [0.25, 0.3) is 0 Å². The van der Waals surface area contributed by atoms with Gasteiger partial charge in [0.25, 0.3) is 0 Å². The predicted octanol–water partition coefficient (Wildman–Crippen LogP) is 7.31. The maximum atomic E-state index is 9.70. The van der Waals surface area contributed by atoms with E-state index < -0.39 is 0 Å². The monoisotopic (exact) mass is 459 g/mol. The Bertz CT molecular complexity index is 768. The summed E-state index contributed by atoms with van der Waals surface area (Å²) in [6.45, 7) is 16.6. The summed E-state index contributed by atoms with van der Waals surface area (Å²) in [5, 5.41) is 14.5. The molecule has 1 aromatic heterocycles. The van der Waals surface area contributed by atoms with Gasteiger partial charge in [-0.3, -0.25) is 4.68 Å². The Kier molecular flexibility index (Phi) is 16.9. The number of nitrogens with zero attached hydrogens (tertiary/aromatic N) is 3. The first-order valence-electron chi connectivity index (χ1n) is 12.7. The number of carbonyl (C=O) groups excluding carboxylic acids is 1. The fourth-order valence-corrected chi connectivity index (χ4v) is 2.90. The second kappa shape index (κ2) is 18.2. The smallest absolute Gasteiger partial charge is 0.150 e. The number of phenols is 1. The van der Waals surface area contributed by atoms with E-state index in [0.29, 0.717) is 18.7 Å². The molecule has 188 valence electrons. The van der Waals surface area contributed by atoms with Crippen LogP contribution in [0.2, 0.25) is 0 Å². The van der Waals surface area contributed by atoms with E-state index in [2.05, 4.69) is 59.6 Å². The lowest BCUT2D eigenvalue weighted by atomic mass is 10.1. The van der Waals surface area contributed by atoms with E-state index in [1.165, 1.54) is 44.1 Å². The van der Waals surface area contributed by atoms with Crippen molar-refractivity contribution in [2.75, 3.05) is 18.5 Å². The van der Waals surface area contributed by atoms with Crippen LogP contribution in [0.4, 0.5) is 5.82 Å². The van der Waals surface area contributed by atoms with E-state index in [-0.39, 0.29) is 0 Å². The molecule has 2 aromatic rings. The molecule has 0 radical (unpaired) electrons. The van der Waals surface area contributed by atoms with Crippen molar-refractivity contribution in [3.8, 4) is 5.75 Å². The highest BCUT2D eigenvalue weighted by Gasteiger charge is 2.10. The summed E-state index contributed by atoms with van der Waals surface area (Å²) in [4.78, 5) is 11.4. The van der Waals surface area contributed by atoms with Gasteiger partial charge >= 0.3 is 0 Å². The molecule has 1 aromatic carbocycles. The van der Waals surface area contributed by atoms with E-state index in [0.717, 1.165) is 35.8 Å². The Morgan fingerprint density at radius 3 is 2.21 bits per heavy atom. The topological polar surface area (TPSA) is 58.4 Å². The summed E-state index contributed by atoms with van der Waals surface area (Å²) >= 11 is 0. The first kappa shape index (κ1) is 30.7. The van der Waals surface area contributed by atoms with Crippen LogP contribution in [0.3, 0.4) is 0 Å². The maximum Gasteiger partial charge on any atom is 0.150 e. The van der Waals surface area contributed by atoms with Crippen LogP contribution >= 0.6 is 0 Å². The zero-order chi connectivity index (χ0) is 25.2. The van der Waals surface area contributed by atoms with Crippen molar-refractivity contribution in [1.82, 2.24) is 9.78 Å². The zero-order valence-corrected chi connectivity index (χ0v) is 22.5. The van der Waals surface area contributed by atoms with Crippen LogP contribution in [0.1, 0.15) is 96.4 Å². The Labute approximate surface area is 203 Å². The summed E-state index contributed by atoms with van der Waals surface area (Å²) in [6, 6.07) is 7.65. The summed E-state index contributed by atoms with van der Waals surface area (Å²) in [5.74, 6) is 2.22. The Morgan fingerprint density at radius 2 is 1.67 bits per heavy atom. The quantitative estimate of drug-likeness (QED) is 0.283. The molecule has 0 amide bonds. The lowest BCUT2D eigenvalue weighted by molar-refractivity contribution is -0.107. The first-order chi connectivity index (χ1) is 15.7. The molecule has 0 fully saturated rings. The van der Waals surface area contributed by atoms with Gasteiger partial charge in [0.1, 0.15) is 12.0 Å². The van der Waals surface area contributed by atoms with Crippen LogP contribution in [0.5, 0.6) is 5.75 Å². The Morgan fingerprint density at radius 1 is 1.06 bits per heavy atom. The molecule has 0 saturated heterocycles. The van der Waals surface area contributed by atoms with Crippen LogP contribution in [0, 0.1) is 19.8 Å². The van der Waals surface area contributed by atoms with Gasteiger partial charge in [-0.15, -0.1) is 0 Å². The van der Waals surface area contributed by atoms with Gasteiger partial charge in [0, 0.05) is 31.8 Å². The third-order valence-electron chi connectivity index (χ3n) is 5.59. The number of unbranched alkanes of at least 4 members (excludes halogenated alkanes) is 4. The van der Waals surface area contributed by atoms with Crippen LogP contribution < -0.4 is 4.90 Å². The van der Waals surface area contributed by atoms with Gasteiger partial charge in [0.05, 0.1) is 6.54 Å². The summed E-state index contributed by atoms with van der Waals surface area (Å²) in [5.41, 5.74) is 3.43. The number of rotatable bonds is 11. The van der Waals surface area contributed by atoms with Crippen molar-refractivity contribution < 1.29 is 9.90 Å². The van der Waals surface area contributed by atoms with Crippen molar-refractivity contribution in [1.29, 1.82) is 0 Å². The number of aryl methyl sites for hydroxylation is 2. The van der Waals surface area contributed by atoms with E-state index in [4.69, 9.17) is 5.10 Å². The Balaban J connectivity index is 0.000000968. The van der Waals surface area contributed by atoms with Gasteiger partial charge < -0.3 is 14.8 Å². The molecule has 5 heteroatoms. The fourth-order valence-electron chi connectivity index (χ4n) is 2.90. The molecule has 1 heterocycles. The highest BCUT2D eigenvalue weighted by Crippen LogP contribution is 2.20. The van der Waals surface area contributed by atoms with Gasteiger partial charge in [0.2, 0.25) is 0 Å². The van der Waals surface area contributed by atoms with E-state index in [9.17, 15) is 9.90 Å². The summed E-state index contributed by atoms with van der Waals surface area (Å²) in [6.07, 6.45) is 9.28. The summed E-state index contributed by atoms with van der Waals surface area (Å²) in [7, 11) is 2.12. The molecule has 0 atom stereocenters. The normalized spacial score (nSPS) is 10.2. The van der Waals surface area contributed by atoms with Crippen molar-refractivity contribution in [2.45, 2.75) is 100.0 Å². The number of hydrogen-bond donors (Lipinski definition) is 1. The molecule has 0 saturated carbocycles. The second-order valence-corrected chi connectivity index (χ2v) is 9.13. The van der Waals surface area contributed by atoms with Gasteiger partial charge in [-0.1, -0.05) is 72.8 Å². The number of carbonyl (C=O) groups is 1. The lowest BCUT2D eigenvalue weighted by Crippen LogP contribution is -2.19. The third kappa shape index (κ3) is 13.8. The number of anilines is 1. The van der Waals surface area contributed by atoms with E-state index in [1.54, 1.807) is 6.07 Å². The SMILES string of the molecule is CCC(C)C.CCC=O.CCCCCCCN(C)c1cc(C)n(Cc2cc(O)ccc2C)n1. The second-order valence-electron chi connectivity index (χ2n) is 9.13. The minimum atomic E-state index is 0.310. The molecule has 0 spiro atoms. The molecule has 0 unspecified atom stereocenters. The molecule has 5 nitrogen and oxygen atoms in total. The number of benzene rings is 1. The maximum absolute atomic E-state index is 9.70. The molecule has 1 N–H and O–H groups in total. The number of aldehydes is 1. The molecule has 2 rings (SSSR count). The standard InChI is InChI=1S/C20H31N3O.C5H12.C3H6O/c1-5-6-7-8-9-12-22(4)20-13-17(3)23(21-20)15-18-14-19(24)11-10-16(18)2;1-4-5(2)3;1-2-3-4/h10-11,13-14,24H,5-9,12,15H2,1-4H3;5H,4H2,1-3H3;3H,2H2,1H3. The van der Waals surface area contributed by atoms with E-state index >= 15 is 0 Å². The van der Waals surface area contributed by atoms with Gasteiger partial charge in [-0.05, 0) is 49.4 Å². The van der Waals surface area contributed by atoms with Gasteiger partial charge in [-0.25, -0.2) is 0 Å². The minimum absolute atomic E-state index is 0.310. The number of hydrogen-bond acceptors (Lipinski definition) is 4. The summed E-state index contributed by atoms with van der Waals surface area (Å²) < 4.78 is 2.02.